The molecule has 2 rings (SSSR count). The lowest BCUT2D eigenvalue weighted by Gasteiger charge is -2.33. The van der Waals surface area contributed by atoms with Crippen LogP contribution in [0.3, 0.4) is 0 Å². The van der Waals surface area contributed by atoms with Crippen LogP contribution in [0, 0.1) is 0 Å². The molecule has 0 aliphatic heterocycles. The normalized spacial score (nSPS) is 12.1. The topological polar surface area (TPSA) is 105 Å². The first-order valence-electron chi connectivity index (χ1n) is 11.6. The van der Waals surface area contributed by atoms with Crippen molar-refractivity contribution in [3.05, 3.63) is 52.0 Å². The van der Waals surface area contributed by atoms with Crippen LogP contribution in [-0.4, -0.2) is 64.2 Å². The van der Waals surface area contributed by atoms with Crippen LogP contribution in [0.2, 0.25) is 10.0 Å². The lowest BCUT2D eigenvalue weighted by molar-refractivity contribution is -0.140. The molecule has 9 nitrogen and oxygen atoms in total. The zero-order chi connectivity index (χ0) is 27.9. The molecule has 0 heterocycles. The van der Waals surface area contributed by atoms with Gasteiger partial charge >= 0.3 is 0 Å². The van der Waals surface area contributed by atoms with Crippen molar-refractivity contribution in [2.45, 2.75) is 45.8 Å². The van der Waals surface area contributed by atoms with E-state index in [-0.39, 0.29) is 24.2 Å². The van der Waals surface area contributed by atoms with Gasteiger partial charge in [0.2, 0.25) is 21.8 Å². The third-order valence-corrected chi connectivity index (χ3v) is 7.23. The Labute approximate surface area is 228 Å². The summed E-state index contributed by atoms with van der Waals surface area (Å²) in [4.78, 5) is 28.1. The molecule has 12 heteroatoms. The SMILES string of the molecule is CC[C@@H](C(=O)NC(C)C)N(Cc1ccc(Cl)cc1Cl)C(=O)CN(c1ccc(OC)c(OC)c1)S(C)(=O)=O. The molecule has 0 fully saturated rings. The van der Waals surface area contributed by atoms with Crippen LogP contribution in [0.1, 0.15) is 32.8 Å². The number of benzene rings is 2. The van der Waals surface area contributed by atoms with E-state index in [4.69, 9.17) is 32.7 Å². The van der Waals surface area contributed by atoms with Gasteiger partial charge in [0.15, 0.2) is 11.5 Å². The van der Waals surface area contributed by atoms with Crippen molar-refractivity contribution in [3.63, 3.8) is 0 Å². The molecule has 37 heavy (non-hydrogen) atoms. The van der Waals surface area contributed by atoms with Gasteiger partial charge in [-0.25, -0.2) is 8.42 Å². The maximum Gasteiger partial charge on any atom is 0.244 e. The Balaban J connectivity index is 2.52. The van der Waals surface area contributed by atoms with Gasteiger partial charge in [-0.15, -0.1) is 0 Å². The van der Waals surface area contributed by atoms with Crippen LogP contribution in [0.4, 0.5) is 5.69 Å². The second-order valence-electron chi connectivity index (χ2n) is 8.65. The van der Waals surface area contributed by atoms with Gasteiger partial charge in [0, 0.05) is 28.7 Å². The molecule has 2 amide bonds. The number of halogens is 2. The van der Waals surface area contributed by atoms with Crippen molar-refractivity contribution in [3.8, 4) is 11.5 Å². The molecule has 0 aliphatic carbocycles. The minimum absolute atomic E-state index is 0.0254. The summed E-state index contributed by atoms with van der Waals surface area (Å²) in [6, 6.07) is 8.35. The first kappa shape index (κ1) is 30.5. The predicted octanol–water partition coefficient (Wildman–Crippen LogP) is 4.11. The number of sulfonamides is 1. The summed E-state index contributed by atoms with van der Waals surface area (Å²) in [6.45, 7) is 4.83. The Morgan fingerprint density at radius 1 is 1.03 bits per heavy atom. The fraction of sp³-hybridized carbons (Fsp3) is 0.440. The highest BCUT2D eigenvalue weighted by Gasteiger charge is 2.32. The minimum Gasteiger partial charge on any atom is -0.493 e. The van der Waals surface area contributed by atoms with Gasteiger partial charge in [-0.05, 0) is 50.1 Å². The monoisotopic (exact) mass is 573 g/mol. The number of nitrogens with zero attached hydrogens (tertiary/aromatic N) is 2. The van der Waals surface area contributed by atoms with E-state index in [2.05, 4.69) is 5.32 Å². The molecule has 0 spiro atoms. The molecule has 0 saturated heterocycles. The molecular formula is C25H33Cl2N3O6S. The van der Waals surface area contributed by atoms with Gasteiger partial charge in [-0.3, -0.25) is 13.9 Å². The second kappa shape index (κ2) is 13.2. The van der Waals surface area contributed by atoms with E-state index >= 15 is 0 Å². The summed E-state index contributed by atoms with van der Waals surface area (Å²) in [6.07, 6.45) is 1.30. The van der Waals surface area contributed by atoms with Crippen LogP contribution >= 0.6 is 23.2 Å². The molecule has 1 N–H and O–H groups in total. The molecule has 0 unspecified atom stereocenters. The van der Waals surface area contributed by atoms with Crippen LogP contribution in [0.15, 0.2) is 36.4 Å². The van der Waals surface area contributed by atoms with E-state index in [0.29, 0.717) is 33.5 Å². The number of amides is 2. The van der Waals surface area contributed by atoms with Gasteiger partial charge < -0.3 is 19.7 Å². The van der Waals surface area contributed by atoms with Crippen molar-refractivity contribution in [2.24, 2.45) is 0 Å². The van der Waals surface area contributed by atoms with E-state index in [0.717, 1.165) is 10.6 Å². The van der Waals surface area contributed by atoms with Crippen molar-refractivity contribution in [2.75, 3.05) is 31.3 Å². The van der Waals surface area contributed by atoms with Crippen LogP contribution in [0.5, 0.6) is 11.5 Å². The number of carbonyl (C=O) groups is 2. The van der Waals surface area contributed by atoms with Crippen LogP contribution < -0.4 is 19.1 Å². The molecule has 204 valence electrons. The van der Waals surface area contributed by atoms with Crippen LogP contribution in [-0.2, 0) is 26.2 Å². The number of hydrogen-bond acceptors (Lipinski definition) is 6. The molecule has 2 aromatic rings. The maximum atomic E-state index is 13.7. The average Bonchev–Trinajstić information content (AvgIpc) is 2.81. The summed E-state index contributed by atoms with van der Waals surface area (Å²) >= 11 is 12.4. The Morgan fingerprint density at radius 2 is 1.68 bits per heavy atom. The Kier molecular flexibility index (Phi) is 10.9. The van der Waals surface area contributed by atoms with Gasteiger partial charge in [0.1, 0.15) is 12.6 Å². The van der Waals surface area contributed by atoms with Gasteiger partial charge in [-0.2, -0.15) is 0 Å². The molecule has 2 aromatic carbocycles. The molecular weight excluding hydrogens is 541 g/mol. The zero-order valence-corrected chi connectivity index (χ0v) is 24.1. The smallest absolute Gasteiger partial charge is 0.244 e. The van der Waals surface area contributed by atoms with Gasteiger partial charge in [0.05, 0.1) is 26.2 Å². The number of ether oxygens (including phenoxy) is 2. The fourth-order valence-corrected chi connectivity index (χ4v) is 5.04. The van der Waals surface area contributed by atoms with Crippen molar-refractivity contribution < 1.29 is 27.5 Å². The highest BCUT2D eigenvalue weighted by Crippen LogP contribution is 2.32. The first-order chi connectivity index (χ1) is 17.3. The zero-order valence-electron chi connectivity index (χ0n) is 21.7. The predicted molar refractivity (Wildman–Crippen MR) is 146 cm³/mol. The number of hydrogen-bond donors (Lipinski definition) is 1. The number of nitrogens with one attached hydrogen (secondary N) is 1. The molecule has 1 atom stereocenters. The standard InChI is InChI=1S/C25H33Cl2N3O6S/c1-7-21(25(32)28-16(2)3)29(14-17-8-9-18(26)12-20(17)27)24(31)15-30(37(6,33)34)19-10-11-22(35-4)23(13-19)36-5/h8-13,16,21H,7,14-15H2,1-6H3,(H,28,32)/t21-/m0/s1. The lowest BCUT2D eigenvalue weighted by atomic mass is 10.1. The van der Waals surface area contributed by atoms with Gasteiger partial charge in [0.25, 0.3) is 0 Å². The minimum atomic E-state index is -3.90. The average molecular weight is 575 g/mol. The number of methoxy groups -OCH3 is 2. The van der Waals surface area contributed by atoms with E-state index in [9.17, 15) is 18.0 Å². The summed E-state index contributed by atoms with van der Waals surface area (Å²) in [7, 11) is -1.02. The quantitative estimate of drug-likeness (QED) is 0.409. The first-order valence-corrected chi connectivity index (χ1v) is 14.2. The second-order valence-corrected chi connectivity index (χ2v) is 11.4. The van der Waals surface area contributed by atoms with Crippen molar-refractivity contribution in [1.82, 2.24) is 10.2 Å². The number of anilines is 1. The number of rotatable bonds is 12. The van der Waals surface area contributed by atoms with E-state index < -0.39 is 28.5 Å². The van der Waals surface area contributed by atoms with Crippen molar-refractivity contribution >= 4 is 50.7 Å². The summed E-state index contributed by atoms with van der Waals surface area (Å²) in [5, 5.41) is 3.58. The summed E-state index contributed by atoms with van der Waals surface area (Å²) < 4.78 is 37.0. The maximum absolute atomic E-state index is 13.7. The molecule has 0 bridgehead atoms. The largest absolute Gasteiger partial charge is 0.493 e. The third-order valence-electron chi connectivity index (χ3n) is 5.51. The lowest BCUT2D eigenvalue weighted by Crippen LogP contribution is -2.53. The van der Waals surface area contributed by atoms with E-state index in [1.54, 1.807) is 31.2 Å². The highest BCUT2D eigenvalue weighted by molar-refractivity contribution is 7.92. The fourth-order valence-electron chi connectivity index (χ4n) is 3.73. The summed E-state index contributed by atoms with van der Waals surface area (Å²) in [5.74, 6) is -0.236. The Morgan fingerprint density at radius 3 is 2.19 bits per heavy atom. The molecule has 0 radical (unpaired) electrons. The Bertz CT molecular complexity index is 1220. The Hall–Kier alpha value is -2.69. The number of carbonyl (C=O) groups excluding carboxylic acids is 2. The van der Waals surface area contributed by atoms with E-state index in [1.165, 1.54) is 31.3 Å². The van der Waals surface area contributed by atoms with Crippen molar-refractivity contribution in [1.29, 1.82) is 0 Å². The summed E-state index contributed by atoms with van der Waals surface area (Å²) in [5.41, 5.74) is 0.768. The van der Waals surface area contributed by atoms with Gasteiger partial charge in [-0.1, -0.05) is 36.2 Å². The molecule has 0 aliphatic rings. The molecule has 0 aromatic heterocycles. The highest BCUT2D eigenvalue weighted by atomic mass is 35.5. The third kappa shape index (κ3) is 8.15. The molecule has 0 saturated carbocycles. The van der Waals surface area contributed by atoms with E-state index in [1.807, 2.05) is 13.8 Å². The van der Waals surface area contributed by atoms with Crippen LogP contribution in [0.25, 0.3) is 0 Å².